The largest absolute Gasteiger partial charge is 0.462 e. The standard InChI is InChI=1S/C23H21BrFNO4S/c1-2-30-23(27)19-7-3-17(4-8-19)15-26(16-18-5-11-21(25)12-6-18)31(28,29)22-13-9-20(24)10-14-22/h3-14H,2,15-16H2,1H3. The Balaban J connectivity index is 1.90. The van der Waals surface area contributed by atoms with Crippen LogP contribution in [0.25, 0.3) is 0 Å². The van der Waals surface area contributed by atoms with Gasteiger partial charge in [0.2, 0.25) is 10.0 Å². The monoisotopic (exact) mass is 505 g/mol. The van der Waals surface area contributed by atoms with Crippen molar-refractivity contribution in [2.45, 2.75) is 24.9 Å². The Labute approximate surface area is 189 Å². The Morgan fingerprint density at radius 1 is 0.903 bits per heavy atom. The number of halogens is 2. The van der Waals surface area contributed by atoms with Gasteiger partial charge in [0.1, 0.15) is 5.82 Å². The maximum Gasteiger partial charge on any atom is 0.338 e. The minimum absolute atomic E-state index is 0.0678. The maximum atomic E-state index is 13.3. The van der Waals surface area contributed by atoms with Gasteiger partial charge in [0, 0.05) is 17.6 Å². The molecule has 0 aliphatic rings. The zero-order valence-corrected chi connectivity index (χ0v) is 19.2. The first-order valence-electron chi connectivity index (χ1n) is 9.56. The summed E-state index contributed by atoms with van der Waals surface area (Å²) in [5, 5.41) is 0. The second-order valence-electron chi connectivity index (χ2n) is 6.77. The molecule has 0 aliphatic heterocycles. The molecule has 3 rings (SSSR count). The smallest absolute Gasteiger partial charge is 0.338 e. The second kappa shape index (κ2) is 10.2. The summed E-state index contributed by atoms with van der Waals surface area (Å²) in [5.41, 5.74) is 1.76. The molecular weight excluding hydrogens is 485 g/mol. The fourth-order valence-electron chi connectivity index (χ4n) is 2.94. The van der Waals surface area contributed by atoms with Gasteiger partial charge >= 0.3 is 5.97 Å². The lowest BCUT2D eigenvalue weighted by atomic mass is 10.1. The SMILES string of the molecule is CCOC(=O)c1ccc(CN(Cc2ccc(F)cc2)S(=O)(=O)c2ccc(Br)cc2)cc1. The zero-order chi connectivity index (χ0) is 22.4. The summed E-state index contributed by atoms with van der Waals surface area (Å²) in [4.78, 5) is 12.0. The number of sulfonamides is 1. The van der Waals surface area contributed by atoms with Crippen molar-refractivity contribution in [3.63, 3.8) is 0 Å². The number of benzene rings is 3. The molecule has 0 aromatic heterocycles. The van der Waals surface area contributed by atoms with E-state index in [1.807, 2.05) is 0 Å². The quantitative estimate of drug-likeness (QED) is 0.396. The lowest BCUT2D eigenvalue weighted by Gasteiger charge is -2.23. The summed E-state index contributed by atoms with van der Waals surface area (Å²) in [6.45, 7) is 2.15. The lowest BCUT2D eigenvalue weighted by Crippen LogP contribution is -2.30. The van der Waals surface area contributed by atoms with Crippen LogP contribution in [0.3, 0.4) is 0 Å². The Bertz CT molecular complexity index is 1130. The Hall–Kier alpha value is -2.55. The third kappa shape index (κ3) is 6.00. The Kier molecular flexibility index (Phi) is 7.59. The molecule has 0 amide bonds. The van der Waals surface area contributed by atoms with Gasteiger partial charge in [-0.05, 0) is 66.6 Å². The van der Waals surface area contributed by atoms with E-state index in [2.05, 4.69) is 15.9 Å². The van der Waals surface area contributed by atoms with Crippen molar-refractivity contribution in [3.05, 3.63) is 99.8 Å². The average Bonchev–Trinajstić information content (AvgIpc) is 2.76. The van der Waals surface area contributed by atoms with E-state index >= 15 is 0 Å². The van der Waals surface area contributed by atoms with Crippen molar-refractivity contribution in [2.75, 3.05) is 6.61 Å². The van der Waals surface area contributed by atoms with Gasteiger partial charge in [-0.1, -0.05) is 40.2 Å². The number of esters is 1. The Morgan fingerprint density at radius 3 is 1.94 bits per heavy atom. The number of ether oxygens (including phenoxy) is 1. The van der Waals surface area contributed by atoms with Crippen LogP contribution in [0.15, 0.2) is 82.2 Å². The second-order valence-corrected chi connectivity index (χ2v) is 9.62. The zero-order valence-electron chi connectivity index (χ0n) is 16.8. The molecule has 0 unspecified atom stereocenters. The van der Waals surface area contributed by atoms with Crippen molar-refractivity contribution in [3.8, 4) is 0 Å². The van der Waals surface area contributed by atoms with Gasteiger partial charge in [0.05, 0.1) is 17.1 Å². The van der Waals surface area contributed by atoms with Gasteiger partial charge in [-0.3, -0.25) is 0 Å². The summed E-state index contributed by atoms with van der Waals surface area (Å²) in [6, 6.07) is 18.7. The van der Waals surface area contributed by atoms with Gasteiger partial charge < -0.3 is 4.74 Å². The van der Waals surface area contributed by atoms with Crippen LogP contribution >= 0.6 is 15.9 Å². The molecule has 3 aromatic carbocycles. The van der Waals surface area contributed by atoms with E-state index in [0.717, 1.165) is 4.47 Å². The van der Waals surface area contributed by atoms with E-state index in [-0.39, 0.29) is 30.4 Å². The maximum absolute atomic E-state index is 13.3. The summed E-state index contributed by atoms with van der Waals surface area (Å²) < 4.78 is 47.0. The molecule has 162 valence electrons. The molecule has 0 bridgehead atoms. The van der Waals surface area contributed by atoms with Crippen LogP contribution in [0.2, 0.25) is 0 Å². The van der Waals surface area contributed by atoms with Gasteiger partial charge in [0.15, 0.2) is 0 Å². The van der Waals surface area contributed by atoms with E-state index in [1.165, 1.54) is 28.6 Å². The summed E-state index contributed by atoms with van der Waals surface area (Å²) in [7, 11) is -3.83. The number of hydrogen-bond acceptors (Lipinski definition) is 4. The number of rotatable bonds is 8. The van der Waals surface area contributed by atoms with E-state index < -0.39 is 16.0 Å². The number of carbonyl (C=O) groups is 1. The molecule has 0 heterocycles. The van der Waals surface area contributed by atoms with Gasteiger partial charge in [0.25, 0.3) is 0 Å². The van der Waals surface area contributed by atoms with Crippen molar-refractivity contribution in [1.29, 1.82) is 0 Å². The highest BCUT2D eigenvalue weighted by atomic mass is 79.9. The average molecular weight is 506 g/mol. The predicted molar refractivity (Wildman–Crippen MR) is 119 cm³/mol. The molecule has 31 heavy (non-hydrogen) atoms. The molecule has 0 atom stereocenters. The third-order valence-corrected chi connectivity index (χ3v) is 6.88. The first kappa shape index (κ1) is 23.1. The molecule has 0 saturated heterocycles. The van der Waals surface area contributed by atoms with Gasteiger partial charge in [-0.2, -0.15) is 4.31 Å². The molecule has 0 aliphatic carbocycles. The number of hydrogen-bond donors (Lipinski definition) is 0. The number of carbonyl (C=O) groups excluding carboxylic acids is 1. The van der Waals surface area contributed by atoms with E-state index in [4.69, 9.17) is 4.74 Å². The van der Waals surface area contributed by atoms with Crippen LogP contribution in [0.1, 0.15) is 28.4 Å². The molecule has 0 spiro atoms. The molecule has 0 saturated carbocycles. The van der Waals surface area contributed by atoms with Crippen LogP contribution in [0.4, 0.5) is 4.39 Å². The van der Waals surface area contributed by atoms with Gasteiger partial charge in [-0.15, -0.1) is 0 Å². The lowest BCUT2D eigenvalue weighted by molar-refractivity contribution is 0.0526. The highest BCUT2D eigenvalue weighted by Crippen LogP contribution is 2.23. The molecule has 0 fully saturated rings. The van der Waals surface area contributed by atoms with Crippen molar-refractivity contribution in [2.24, 2.45) is 0 Å². The first-order valence-corrected chi connectivity index (χ1v) is 11.8. The minimum atomic E-state index is -3.83. The molecule has 0 N–H and O–H groups in total. The molecule has 8 heteroatoms. The van der Waals surface area contributed by atoms with E-state index in [9.17, 15) is 17.6 Å². The van der Waals surface area contributed by atoms with Crippen molar-refractivity contribution >= 4 is 31.9 Å². The Morgan fingerprint density at radius 2 is 1.42 bits per heavy atom. The minimum Gasteiger partial charge on any atom is -0.462 e. The predicted octanol–water partition coefficient (Wildman–Crippen LogP) is 5.16. The molecule has 3 aromatic rings. The van der Waals surface area contributed by atoms with Crippen LogP contribution in [-0.2, 0) is 27.8 Å². The molecule has 5 nitrogen and oxygen atoms in total. The first-order chi connectivity index (χ1) is 14.8. The van der Waals surface area contributed by atoms with E-state index in [1.54, 1.807) is 55.5 Å². The summed E-state index contributed by atoms with van der Waals surface area (Å²) >= 11 is 3.31. The van der Waals surface area contributed by atoms with Gasteiger partial charge in [-0.25, -0.2) is 17.6 Å². The van der Waals surface area contributed by atoms with Crippen LogP contribution in [0, 0.1) is 5.82 Å². The third-order valence-electron chi connectivity index (χ3n) is 4.55. The fourth-order valence-corrected chi connectivity index (χ4v) is 4.62. The molecular formula is C23H21BrFNO4S. The van der Waals surface area contributed by atoms with E-state index in [0.29, 0.717) is 16.7 Å². The highest BCUT2D eigenvalue weighted by molar-refractivity contribution is 9.10. The van der Waals surface area contributed by atoms with Crippen LogP contribution in [-0.4, -0.2) is 25.3 Å². The van der Waals surface area contributed by atoms with Crippen molar-refractivity contribution < 1.29 is 22.3 Å². The summed E-state index contributed by atoms with van der Waals surface area (Å²) in [5.74, 6) is -0.819. The fraction of sp³-hybridized carbons (Fsp3) is 0.174. The topological polar surface area (TPSA) is 63.7 Å². The van der Waals surface area contributed by atoms with Crippen molar-refractivity contribution in [1.82, 2.24) is 4.31 Å². The molecule has 0 radical (unpaired) electrons. The highest BCUT2D eigenvalue weighted by Gasteiger charge is 2.25. The van der Waals surface area contributed by atoms with Crippen LogP contribution in [0.5, 0.6) is 0 Å². The number of nitrogens with zero attached hydrogens (tertiary/aromatic N) is 1. The summed E-state index contributed by atoms with van der Waals surface area (Å²) in [6.07, 6.45) is 0. The normalized spacial score (nSPS) is 11.5. The van der Waals surface area contributed by atoms with Crippen LogP contribution < -0.4 is 0 Å².